The van der Waals surface area contributed by atoms with E-state index >= 15 is 0 Å². The van der Waals surface area contributed by atoms with E-state index in [2.05, 4.69) is 5.32 Å². The number of benzene rings is 2. The zero-order valence-corrected chi connectivity index (χ0v) is 11.5. The Morgan fingerprint density at radius 3 is 2.62 bits per heavy atom. The number of fused-ring (bicyclic) bond motifs is 1. The molecule has 1 fully saturated rings. The van der Waals surface area contributed by atoms with Crippen LogP contribution in [0.15, 0.2) is 42.5 Å². The molecule has 1 saturated heterocycles. The van der Waals surface area contributed by atoms with Crippen LogP contribution in [0, 0.1) is 0 Å². The van der Waals surface area contributed by atoms with Crippen LogP contribution in [0.4, 0.5) is 0 Å². The molecule has 0 aromatic heterocycles. The highest BCUT2D eigenvalue weighted by Crippen LogP contribution is 2.17. The fraction of sp³-hybridized carbons (Fsp3) is 0.250. The van der Waals surface area contributed by atoms with E-state index in [9.17, 15) is 14.8 Å². The number of nitrogens with one attached hydrogen (secondary N) is 1. The molecule has 0 radical (unpaired) electrons. The summed E-state index contributed by atoms with van der Waals surface area (Å²) < 4.78 is 0. The maximum Gasteiger partial charge on any atom is 0.284 e. The molecule has 21 heavy (non-hydrogen) atoms. The van der Waals surface area contributed by atoms with Crippen molar-refractivity contribution in [2.45, 2.75) is 18.9 Å². The summed E-state index contributed by atoms with van der Waals surface area (Å²) in [7, 11) is 0. The molecular formula is C16H16N2O3. The quantitative estimate of drug-likeness (QED) is 0.502. The second-order valence-corrected chi connectivity index (χ2v) is 5.17. The minimum Gasteiger partial charge on any atom is -0.306 e. The molecular weight excluding hydrogens is 268 g/mol. The van der Waals surface area contributed by atoms with E-state index in [1.807, 2.05) is 24.3 Å². The van der Waals surface area contributed by atoms with Crippen LogP contribution in [0.1, 0.15) is 23.2 Å². The maximum atomic E-state index is 12.2. The minimum absolute atomic E-state index is 0.229. The van der Waals surface area contributed by atoms with E-state index in [4.69, 9.17) is 0 Å². The van der Waals surface area contributed by atoms with E-state index in [-0.39, 0.29) is 5.06 Å². The summed E-state index contributed by atoms with van der Waals surface area (Å²) in [5, 5.41) is 15.0. The van der Waals surface area contributed by atoms with Crippen LogP contribution >= 0.6 is 0 Å². The Balaban J connectivity index is 1.83. The molecule has 0 spiro atoms. The van der Waals surface area contributed by atoms with Gasteiger partial charge in [-0.25, -0.2) is 0 Å². The molecule has 2 amide bonds. The Kier molecular flexibility index (Phi) is 3.68. The van der Waals surface area contributed by atoms with Crippen molar-refractivity contribution in [2.24, 2.45) is 0 Å². The van der Waals surface area contributed by atoms with Gasteiger partial charge in [-0.3, -0.25) is 14.8 Å². The zero-order valence-electron chi connectivity index (χ0n) is 11.5. The second-order valence-electron chi connectivity index (χ2n) is 5.17. The van der Waals surface area contributed by atoms with E-state index in [0.717, 1.165) is 23.7 Å². The van der Waals surface area contributed by atoms with Crippen LogP contribution in [-0.2, 0) is 4.79 Å². The Bertz CT molecular complexity index is 693. The Hall–Kier alpha value is -2.24. The Labute approximate surface area is 122 Å². The van der Waals surface area contributed by atoms with Gasteiger partial charge < -0.3 is 5.32 Å². The monoisotopic (exact) mass is 284 g/mol. The van der Waals surface area contributed by atoms with Gasteiger partial charge in [-0.1, -0.05) is 30.3 Å². The average Bonchev–Trinajstić information content (AvgIpc) is 3.06. The van der Waals surface area contributed by atoms with Gasteiger partial charge in [-0.05, 0) is 42.3 Å². The molecule has 0 saturated carbocycles. The van der Waals surface area contributed by atoms with Crippen LogP contribution < -0.4 is 5.32 Å². The lowest BCUT2D eigenvalue weighted by Gasteiger charge is -2.17. The smallest absolute Gasteiger partial charge is 0.284 e. The van der Waals surface area contributed by atoms with Crippen molar-refractivity contribution in [2.75, 3.05) is 6.54 Å². The number of imide groups is 1. The number of carbonyl (C=O) groups is 2. The van der Waals surface area contributed by atoms with E-state index in [0.29, 0.717) is 12.0 Å². The molecule has 1 aliphatic rings. The Morgan fingerprint density at radius 1 is 1.14 bits per heavy atom. The molecule has 0 aliphatic carbocycles. The van der Waals surface area contributed by atoms with E-state index in [1.54, 1.807) is 18.2 Å². The number of hydrogen-bond acceptors (Lipinski definition) is 4. The van der Waals surface area contributed by atoms with Gasteiger partial charge in [0.15, 0.2) is 0 Å². The van der Waals surface area contributed by atoms with Gasteiger partial charge in [0, 0.05) is 5.56 Å². The number of nitrogens with zero attached hydrogens (tertiary/aromatic N) is 1. The minimum atomic E-state index is -0.695. The van der Waals surface area contributed by atoms with Gasteiger partial charge in [0.05, 0.1) is 6.04 Å². The molecule has 5 nitrogen and oxygen atoms in total. The molecule has 1 atom stereocenters. The number of hydroxylamine groups is 2. The first-order valence-electron chi connectivity index (χ1n) is 6.96. The summed E-state index contributed by atoms with van der Waals surface area (Å²) in [6.07, 6.45) is 1.51. The van der Waals surface area contributed by atoms with Gasteiger partial charge in [0.25, 0.3) is 11.8 Å². The van der Waals surface area contributed by atoms with Crippen molar-refractivity contribution < 1.29 is 14.8 Å². The lowest BCUT2D eigenvalue weighted by Crippen LogP contribution is -2.44. The predicted molar refractivity (Wildman–Crippen MR) is 77.9 cm³/mol. The molecule has 108 valence electrons. The molecule has 5 heteroatoms. The van der Waals surface area contributed by atoms with Crippen LogP contribution in [0.2, 0.25) is 0 Å². The summed E-state index contributed by atoms with van der Waals surface area (Å²) in [5.41, 5.74) is 0.294. The molecule has 2 aromatic rings. The number of hydrogen-bond donors (Lipinski definition) is 2. The summed E-state index contributed by atoms with van der Waals surface area (Å²) in [4.78, 5) is 24.2. The third-order valence-electron chi connectivity index (χ3n) is 3.76. The molecule has 3 rings (SSSR count). The van der Waals surface area contributed by atoms with Gasteiger partial charge in [0.1, 0.15) is 0 Å². The van der Waals surface area contributed by atoms with Crippen molar-refractivity contribution in [1.82, 2.24) is 10.4 Å². The van der Waals surface area contributed by atoms with Crippen molar-refractivity contribution in [3.05, 3.63) is 48.0 Å². The first kappa shape index (κ1) is 13.7. The summed E-state index contributed by atoms with van der Waals surface area (Å²) in [6.45, 7) is 0.731. The molecule has 1 aliphatic heterocycles. The van der Waals surface area contributed by atoms with Crippen molar-refractivity contribution in [3.63, 3.8) is 0 Å². The molecule has 2 N–H and O–H groups in total. The van der Waals surface area contributed by atoms with E-state index in [1.165, 1.54) is 0 Å². The number of carbonyl (C=O) groups excluding carboxylic acids is 2. The zero-order chi connectivity index (χ0) is 14.8. The van der Waals surface area contributed by atoms with Gasteiger partial charge in [-0.15, -0.1) is 0 Å². The predicted octanol–water partition coefficient (Wildman–Crippen LogP) is 1.95. The summed E-state index contributed by atoms with van der Waals surface area (Å²) in [6, 6.07) is 12.2. The van der Waals surface area contributed by atoms with Crippen molar-refractivity contribution in [3.8, 4) is 0 Å². The SMILES string of the molecule is O=C(c1ccc2ccccc2c1)N(O)C(=O)[C@@H]1CCCN1. The maximum absolute atomic E-state index is 12.2. The molecule has 1 heterocycles. The lowest BCUT2D eigenvalue weighted by molar-refractivity contribution is -0.155. The second kappa shape index (κ2) is 5.63. The van der Waals surface area contributed by atoms with Crippen LogP contribution in [0.5, 0.6) is 0 Å². The normalized spacial score (nSPS) is 17.9. The fourth-order valence-corrected chi connectivity index (χ4v) is 2.59. The van der Waals surface area contributed by atoms with Crippen LogP contribution in [0.25, 0.3) is 10.8 Å². The molecule has 0 bridgehead atoms. The topological polar surface area (TPSA) is 69.6 Å². The van der Waals surface area contributed by atoms with Crippen molar-refractivity contribution in [1.29, 1.82) is 0 Å². The first-order chi connectivity index (χ1) is 10.2. The van der Waals surface area contributed by atoms with Crippen LogP contribution in [-0.4, -0.2) is 34.7 Å². The van der Waals surface area contributed by atoms with Crippen LogP contribution in [0.3, 0.4) is 0 Å². The van der Waals surface area contributed by atoms with Gasteiger partial charge in [0.2, 0.25) is 0 Å². The molecule has 2 aromatic carbocycles. The van der Waals surface area contributed by atoms with Crippen molar-refractivity contribution >= 4 is 22.6 Å². The summed E-state index contributed by atoms with van der Waals surface area (Å²) >= 11 is 0. The highest BCUT2D eigenvalue weighted by Gasteiger charge is 2.30. The van der Waals surface area contributed by atoms with Gasteiger partial charge in [-0.2, -0.15) is 5.06 Å². The highest BCUT2D eigenvalue weighted by atomic mass is 16.5. The first-order valence-corrected chi connectivity index (χ1v) is 6.96. The lowest BCUT2D eigenvalue weighted by atomic mass is 10.1. The third kappa shape index (κ3) is 2.66. The fourth-order valence-electron chi connectivity index (χ4n) is 2.59. The Morgan fingerprint density at radius 2 is 1.90 bits per heavy atom. The largest absolute Gasteiger partial charge is 0.306 e. The molecule has 0 unspecified atom stereocenters. The average molecular weight is 284 g/mol. The standard InChI is InChI=1S/C16H16N2O3/c19-15(18(21)16(20)14-6-3-9-17-14)13-8-7-11-4-1-2-5-12(11)10-13/h1-2,4-5,7-8,10,14,17,21H,3,6,9H2/t14-/m0/s1. The summed E-state index contributed by atoms with van der Waals surface area (Å²) in [5.74, 6) is -1.29. The third-order valence-corrected chi connectivity index (χ3v) is 3.76. The van der Waals surface area contributed by atoms with Gasteiger partial charge >= 0.3 is 0 Å². The van der Waals surface area contributed by atoms with E-state index < -0.39 is 17.9 Å². The number of amides is 2. The number of rotatable bonds is 2. The highest BCUT2D eigenvalue weighted by molar-refractivity contribution is 6.06.